The van der Waals surface area contributed by atoms with Gasteiger partial charge in [0.1, 0.15) is 5.82 Å². The molecule has 0 spiro atoms. The Kier molecular flexibility index (Phi) is 7.06. The molecule has 4 nitrogen and oxygen atoms in total. The Hall–Kier alpha value is -0.690. The van der Waals surface area contributed by atoms with Gasteiger partial charge < -0.3 is 5.32 Å². The van der Waals surface area contributed by atoms with Crippen LogP contribution in [0.25, 0.3) is 0 Å². The predicted octanol–water partition coefficient (Wildman–Crippen LogP) is 2.22. The van der Waals surface area contributed by atoms with Gasteiger partial charge in [0.2, 0.25) is 10.0 Å². The molecular weight excluding hydrogens is 315 g/mol. The Morgan fingerprint density at radius 3 is 2.81 bits per heavy atom. The molecule has 1 atom stereocenters. The molecule has 120 valence electrons. The largest absolute Gasteiger partial charge is 0.316 e. The number of halogens is 2. The van der Waals surface area contributed by atoms with Crippen LogP contribution in [-0.2, 0) is 10.0 Å². The zero-order chi connectivity index (χ0) is 14.6. The summed E-state index contributed by atoms with van der Waals surface area (Å²) in [6.07, 6.45) is 3.12. The number of nitrogens with one attached hydrogen (secondary N) is 2. The summed E-state index contributed by atoms with van der Waals surface area (Å²) in [4.78, 5) is 0.123. The van der Waals surface area contributed by atoms with Crippen molar-refractivity contribution in [1.29, 1.82) is 0 Å². The highest BCUT2D eigenvalue weighted by atomic mass is 35.5. The normalized spacial score (nSPS) is 19.0. The van der Waals surface area contributed by atoms with Crippen LogP contribution < -0.4 is 10.0 Å². The number of aryl methyl sites for hydroxylation is 1. The van der Waals surface area contributed by atoms with Crippen LogP contribution in [0.1, 0.15) is 24.8 Å². The van der Waals surface area contributed by atoms with Crippen LogP contribution in [0.3, 0.4) is 0 Å². The molecule has 1 aliphatic rings. The summed E-state index contributed by atoms with van der Waals surface area (Å²) in [5, 5.41) is 3.31. The van der Waals surface area contributed by atoms with E-state index in [2.05, 4.69) is 10.0 Å². The van der Waals surface area contributed by atoms with Gasteiger partial charge in [-0.1, -0.05) is 0 Å². The van der Waals surface area contributed by atoms with E-state index in [1.54, 1.807) is 6.92 Å². The monoisotopic (exact) mass is 336 g/mol. The van der Waals surface area contributed by atoms with Crippen molar-refractivity contribution in [3.8, 4) is 0 Å². The Labute approximate surface area is 132 Å². The average Bonchev–Trinajstić information content (AvgIpc) is 2.43. The minimum absolute atomic E-state index is 0. The van der Waals surface area contributed by atoms with Gasteiger partial charge in [0.05, 0.1) is 4.90 Å². The summed E-state index contributed by atoms with van der Waals surface area (Å²) in [7, 11) is -3.54. The number of rotatable bonds is 5. The highest BCUT2D eigenvalue weighted by molar-refractivity contribution is 7.89. The molecule has 2 N–H and O–H groups in total. The highest BCUT2D eigenvalue weighted by Crippen LogP contribution is 2.16. The Morgan fingerprint density at radius 2 is 2.19 bits per heavy atom. The molecule has 1 unspecified atom stereocenters. The van der Waals surface area contributed by atoms with Crippen molar-refractivity contribution in [1.82, 2.24) is 10.0 Å². The van der Waals surface area contributed by atoms with E-state index >= 15 is 0 Å². The summed E-state index contributed by atoms with van der Waals surface area (Å²) in [6.45, 7) is 3.99. The van der Waals surface area contributed by atoms with Crippen LogP contribution >= 0.6 is 12.4 Å². The smallest absolute Gasteiger partial charge is 0.240 e. The molecule has 0 saturated carbocycles. The topological polar surface area (TPSA) is 58.2 Å². The molecule has 0 amide bonds. The standard InChI is InChI=1S/C14H21FN2O2S.ClH/c1-11-9-13(4-5-14(11)15)20(18,19)17-8-6-12-3-2-7-16-10-12;/h4-5,9,12,16-17H,2-3,6-8,10H2,1H3;1H. The first-order chi connectivity index (χ1) is 9.49. The lowest BCUT2D eigenvalue weighted by atomic mass is 9.96. The number of benzene rings is 1. The van der Waals surface area contributed by atoms with Crippen molar-refractivity contribution in [3.63, 3.8) is 0 Å². The molecule has 0 aromatic heterocycles. The fraction of sp³-hybridized carbons (Fsp3) is 0.571. The second-order valence-electron chi connectivity index (χ2n) is 5.31. The van der Waals surface area contributed by atoms with Crippen LogP contribution in [0.5, 0.6) is 0 Å². The lowest BCUT2D eigenvalue weighted by Crippen LogP contribution is -2.33. The van der Waals surface area contributed by atoms with Gasteiger partial charge in [-0.05, 0) is 69.0 Å². The van der Waals surface area contributed by atoms with Crippen molar-refractivity contribution in [3.05, 3.63) is 29.6 Å². The molecule has 0 aliphatic carbocycles. The molecule has 21 heavy (non-hydrogen) atoms. The summed E-state index contributed by atoms with van der Waals surface area (Å²) in [5.41, 5.74) is 0.337. The maximum Gasteiger partial charge on any atom is 0.240 e. The molecule has 0 bridgehead atoms. The van der Waals surface area contributed by atoms with Crippen LogP contribution in [0.4, 0.5) is 4.39 Å². The average molecular weight is 337 g/mol. The van der Waals surface area contributed by atoms with Crippen molar-refractivity contribution in [2.24, 2.45) is 5.92 Å². The lowest BCUT2D eigenvalue weighted by molar-refractivity contribution is 0.358. The number of hydrogen-bond acceptors (Lipinski definition) is 3. The zero-order valence-corrected chi connectivity index (χ0v) is 13.7. The van der Waals surface area contributed by atoms with Crippen LogP contribution in [0, 0.1) is 18.7 Å². The van der Waals surface area contributed by atoms with Gasteiger partial charge >= 0.3 is 0 Å². The molecule has 1 aromatic rings. The van der Waals surface area contributed by atoms with E-state index in [4.69, 9.17) is 0 Å². The van der Waals surface area contributed by atoms with E-state index in [-0.39, 0.29) is 17.3 Å². The first kappa shape index (κ1) is 18.4. The summed E-state index contributed by atoms with van der Waals surface area (Å²) in [5.74, 6) is 0.138. The van der Waals surface area contributed by atoms with E-state index in [1.165, 1.54) is 18.2 Å². The van der Waals surface area contributed by atoms with Crippen molar-refractivity contribution >= 4 is 22.4 Å². The fourth-order valence-electron chi connectivity index (χ4n) is 2.44. The van der Waals surface area contributed by atoms with Crippen molar-refractivity contribution in [2.75, 3.05) is 19.6 Å². The third-order valence-corrected chi connectivity index (χ3v) is 5.14. The second kappa shape index (κ2) is 8.08. The van der Waals surface area contributed by atoms with Gasteiger partial charge in [-0.3, -0.25) is 0 Å². The Bertz CT molecular complexity index is 560. The summed E-state index contributed by atoms with van der Waals surface area (Å²) < 4.78 is 39.9. The fourth-order valence-corrected chi connectivity index (χ4v) is 3.57. The minimum atomic E-state index is -3.54. The SMILES string of the molecule is Cc1cc(S(=O)(=O)NCCC2CCCNC2)ccc1F.Cl. The molecule has 1 aromatic carbocycles. The lowest BCUT2D eigenvalue weighted by Gasteiger charge is -2.22. The highest BCUT2D eigenvalue weighted by Gasteiger charge is 2.17. The van der Waals surface area contributed by atoms with Gasteiger partial charge in [-0.25, -0.2) is 17.5 Å². The van der Waals surface area contributed by atoms with Crippen LogP contribution in [0.2, 0.25) is 0 Å². The van der Waals surface area contributed by atoms with E-state index in [9.17, 15) is 12.8 Å². The number of sulfonamides is 1. The van der Waals surface area contributed by atoms with E-state index < -0.39 is 15.8 Å². The third kappa shape index (κ3) is 5.21. The maximum absolute atomic E-state index is 13.2. The second-order valence-corrected chi connectivity index (χ2v) is 7.08. The van der Waals surface area contributed by atoms with E-state index in [1.807, 2.05) is 0 Å². The Balaban J connectivity index is 0.00000220. The van der Waals surface area contributed by atoms with Crippen LogP contribution in [0.15, 0.2) is 23.1 Å². The van der Waals surface area contributed by atoms with Gasteiger partial charge in [-0.2, -0.15) is 0 Å². The molecule has 7 heteroatoms. The summed E-state index contributed by atoms with van der Waals surface area (Å²) >= 11 is 0. The Morgan fingerprint density at radius 1 is 1.43 bits per heavy atom. The first-order valence-corrected chi connectivity index (χ1v) is 8.44. The third-order valence-electron chi connectivity index (χ3n) is 3.68. The molecule has 1 fully saturated rings. The molecule has 1 aliphatic heterocycles. The first-order valence-electron chi connectivity index (χ1n) is 6.95. The summed E-state index contributed by atoms with van der Waals surface area (Å²) in [6, 6.07) is 3.85. The maximum atomic E-state index is 13.2. The predicted molar refractivity (Wildman–Crippen MR) is 83.8 cm³/mol. The molecular formula is C14H22ClFN2O2S. The molecule has 0 radical (unpaired) electrons. The van der Waals surface area contributed by atoms with Gasteiger partial charge in [0.25, 0.3) is 0 Å². The van der Waals surface area contributed by atoms with E-state index in [0.29, 0.717) is 18.0 Å². The quantitative estimate of drug-likeness (QED) is 0.867. The minimum Gasteiger partial charge on any atom is -0.316 e. The van der Waals surface area contributed by atoms with Crippen molar-refractivity contribution in [2.45, 2.75) is 31.1 Å². The molecule has 1 heterocycles. The zero-order valence-electron chi connectivity index (χ0n) is 12.1. The van der Waals surface area contributed by atoms with E-state index in [0.717, 1.165) is 32.4 Å². The van der Waals surface area contributed by atoms with Gasteiger partial charge in [0.15, 0.2) is 0 Å². The van der Waals surface area contributed by atoms with Gasteiger partial charge in [0, 0.05) is 6.54 Å². The number of hydrogen-bond donors (Lipinski definition) is 2. The van der Waals surface area contributed by atoms with Crippen molar-refractivity contribution < 1.29 is 12.8 Å². The number of piperidine rings is 1. The molecule has 1 saturated heterocycles. The van der Waals surface area contributed by atoms with Crippen LogP contribution in [-0.4, -0.2) is 28.1 Å². The van der Waals surface area contributed by atoms with Gasteiger partial charge in [-0.15, -0.1) is 12.4 Å². The molecule has 2 rings (SSSR count).